The second kappa shape index (κ2) is 10.5. The molecule has 3 atom stereocenters. The van der Waals surface area contributed by atoms with Crippen molar-refractivity contribution in [1.82, 2.24) is 15.5 Å². The minimum Gasteiger partial charge on any atom is -0.479 e. The molecule has 1 saturated heterocycles. The van der Waals surface area contributed by atoms with E-state index in [0.29, 0.717) is 13.1 Å². The number of hydrogen-bond acceptors (Lipinski definition) is 9. The Hall–Kier alpha value is -1.83. The highest BCUT2D eigenvalue weighted by atomic mass is 16.5. The summed E-state index contributed by atoms with van der Waals surface area (Å²) in [4.78, 5) is 36.9. The van der Waals surface area contributed by atoms with Crippen LogP contribution in [0.25, 0.3) is 0 Å². The number of hydrogen-bond donors (Lipinski definition) is 5. The van der Waals surface area contributed by atoms with E-state index in [1.54, 1.807) is 0 Å². The molecule has 0 saturated carbocycles. The molecule has 12 nitrogen and oxygen atoms in total. The molecule has 0 amide bonds. The largest absolute Gasteiger partial charge is 0.479 e. The topological polar surface area (TPSA) is 167 Å². The van der Waals surface area contributed by atoms with E-state index in [1.165, 1.54) is 0 Å². The van der Waals surface area contributed by atoms with E-state index in [4.69, 9.17) is 14.2 Å². The number of aliphatic carboxylic acids is 3. The monoisotopic (exact) mass is 393 g/mol. The first kappa shape index (κ1) is 23.2. The second-order valence-corrected chi connectivity index (χ2v) is 5.95. The minimum atomic E-state index is -1.92. The van der Waals surface area contributed by atoms with Crippen molar-refractivity contribution < 1.29 is 43.9 Å². The third-order valence-electron chi connectivity index (χ3n) is 4.50. The fraction of sp³-hybridized carbons (Fsp3) is 0.800. The van der Waals surface area contributed by atoms with Crippen molar-refractivity contribution in [2.45, 2.75) is 24.0 Å². The fourth-order valence-corrected chi connectivity index (χ4v) is 3.46. The van der Waals surface area contributed by atoms with E-state index >= 15 is 0 Å². The normalized spacial score (nSPS) is 25.4. The maximum Gasteiger partial charge on any atom is 0.348 e. The highest BCUT2D eigenvalue weighted by Gasteiger charge is 2.59. The van der Waals surface area contributed by atoms with Gasteiger partial charge in [0, 0.05) is 54.1 Å². The van der Waals surface area contributed by atoms with Crippen molar-refractivity contribution in [2.75, 3.05) is 54.1 Å². The molecule has 0 radical (unpaired) electrons. The highest BCUT2D eigenvalue weighted by Crippen LogP contribution is 2.31. The van der Waals surface area contributed by atoms with E-state index in [2.05, 4.69) is 10.6 Å². The van der Waals surface area contributed by atoms with Gasteiger partial charge in [-0.2, -0.15) is 0 Å². The predicted molar refractivity (Wildman–Crippen MR) is 90.5 cm³/mol. The van der Waals surface area contributed by atoms with Crippen molar-refractivity contribution >= 4 is 17.9 Å². The Morgan fingerprint density at radius 1 is 0.852 bits per heavy atom. The zero-order chi connectivity index (χ0) is 20.6. The standard InChI is InChI=1S/C15H27N3O9/c1-25-9(12(19)20)15(10(26-2)13(21)22)8-17-5-4-16-6-7-18(15)11(27-3)14(23)24/h9-11,16-17H,4-8H2,1-3H3,(H,19,20)(H,21,22)(H,23,24). The van der Waals surface area contributed by atoms with Gasteiger partial charge in [-0.1, -0.05) is 0 Å². The summed E-state index contributed by atoms with van der Waals surface area (Å²) in [7, 11) is 3.36. The van der Waals surface area contributed by atoms with Crippen LogP contribution >= 0.6 is 0 Å². The summed E-state index contributed by atoms with van der Waals surface area (Å²) < 4.78 is 15.3. The number of methoxy groups -OCH3 is 3. The molecule has 0 spiro atoms. The Balaban J connectivity index is 3.73. The van der Waals surface area contributed by atoms with Crippen LogP contribution in [0.1, 0.15) is 0 Å². The van der Waals surface area contributed by atoms with Crippen LogP contribution in [0.3, 0.4) is 0 Å². The number of carboxylic acid groups (broad SMARTS) is 3. The van der Waals surface area contributed by atoms with E-state index in [-0.39, 0.29) is 19.6 Å². The van der Waals surface area contributed by atoms with Gasteiger partial charge in [-0.3, -0.25) is 4.90 Å². The summed E-state index contributed by atoms with van der Waals surface area (Å²) in [5.74, 6) is -4.32. The second-order valence-electron chi connectivity index (χ2n) is 5.95. The van der Waals surface area contributed by atoms with Crippen LogP contribution in [-0.4, -0.2) is 116 Å². The van der Waals surface area contributed by atoms with E-state index in [0.717, 1.165) is 26.2 Å². The molecule has 0 aliphatic carbocycles. The van der Waals surface area contributed by atoms with Gasteiger partial charge in [-0.05, 0) is 0 Å². The van der Waals surface area contributed by atoms with Crippen LogP contribution < -0.4 is 10.6 Å². The first-order valence-corrected chi connectivity index (χ1v) is 8.22. The average molecular weight is 393 g/mol. The molecule has 1 aliphatic heterocycles. The summed E-state index contributed by atoms with van der Waals surface area (Å²) in [5, 5.41) is 35.1. The molecule has 0 bridgehead atoms. The number of rotatable bonds is 9. The van der Waals surface area contributed by atoms with Crippen molar-refractivity contribution in [2.24, 2.45) is 0 Å². The molecule has 1 rings (SSSR count). The van der Waals surface area contributed by atoms with Gasteiger partial charge >= 0.3 is 17.9 Å². The van der Waals surface area contributed by atoms with Crippen LogP contribution in [0.2, 0.25) is 0 Å². The van der Waals surface area contributed by atoms with Gasteiger partial charge in [-0.25, -0.2) is 14.4 Å². The summed E-state index contributed by atoms with van der Waals surface area (Å²) >= 11 is 0. The van der Waals surface area contributed by atoms with E-state index < -0.39 is 41.9 Å². The fourth-order valence-electron chi connectivity index (χ4n) is 3.46. The third kappa shape index (κ3) is 4.91. The Bertz CT molecular complexity index is 509. The Labute approximate surface area is 156 Å². The van der Waals surface area contributed by atoms with Gasteiger partial charge in [0.2, 0.25) is 6.23 Å². The number of nitrogens with one attached hydrogen (secondary N) is 2. The summed E-state index contributed by atoms with van der Waals surface area (Å²) in [6.45, 7) is 0.934. The quantitative estimate of drug-likeness (QED) is 0.279. The van der Waals surface area contributed by atoms with Gasteiger partial charge < -0.3 is 40.2 Å². The number of carbonyl (C=O) groups is 3. The van der Waals surface area contributed by atoms with Crippen molar-refractivity contribution in [3.8, 4) is 0 Å². The molecule has 1 fully saturated rings. The summed E-state index contributed by atoms with van der Waals surface area (Å²) in [5.41, 5.74) is -1.92. The van der Waals surface area contributed by atoms with Crippen molar-refractivity contribution in [1.29, 1.82) is 0 Å². The molecular formula is C15H27N3O9. The lowest BCUT2D eigenvalue weighted by atomic mass is 9.82. The summed E-state index contributed by atoms with van der Waals surface area (Å²) in [6, 6.07) is 0. The third-order valence-corrected chi connectivity index (χ3v) is 4.50. The highest BCUT2D eigenvalue weighted by molar-refractivity contribution is 5.81. The SMILES string of the molecule is COC(C(=O)O)N1CCNCCNCC1(C(OC)C(=O)O)C(OC)C(=O)O. The predicted octanol–water partition coefficient (Wildman–Crippen LogP) is -2.52. The first-order chi connectivity index (χ1) is 12.8. The lowest BCUT2D eigenvalue weighted by Gasteiger charge is -2.50. The molecule has 1 aliphatic rings. The molecule has 12 heteroatoms. The number of nitrogens with zero attached hydrogens (tertiary/aromatic N) is 1. The zero-order valence-corrected chi connectivity index (χ0v) is 15.5. The molecule has 5 N–H and O–H groups in total. The van der Waals surface area contributed by atoms with Crippen molar-refractivity contribution in [3.05, 3.63) is 0 Å². The smallest absolute Gasteiger partial charge is 0.348 e. The Morgan fingerprint density at radius 2 is 1.37 bits per heavy atom. The lowest BCUT2D eigenvalue weighted by Crippen LogP contribution is -2.75. The van der Waals surface area contributed by atoms with E-state index in [9.17, 15) is 29.7 Å². The van der Waals surface area contributed by atoms with Gasteiger partial charge in [-0.15, -0.1) is 0 Å². The average Bonchev–Trinajstić information content (AvgIpc) is 2.68. The van der Waals surface area contributed by atoms with Gasteiger partial charge in [0.1, 0.15) is 5.54 Å². The summed E-state index contributed by atoms with van der Waals surface area (Å²) in [6.07, 6.45) is -5.07. The zero-order valence-electron chi connectivity index (χ0n) is 15.5. The molecule has 3 unspecified atom stereocenters. The van der Waals surface area contributed by atoms with Crippen LogP contribution in [0, 0.1) is 0 Å². The molecule has 1 heterocycles. The van der Waals surface area contributed by atoms with Crippen LogP contribution in [-0.2, 0) is 28.6 Å². The number of carboxylic acids is 3. The van der Waals surface area contributed by atoms with Gasteiger partial charge in [0.15, 0.2) is 12.2 Å². The molecular weight excluding hydrogens is 366 g/mol. The van der Waals surface area contributed by atoms with Gasteiger partial charge in [0.25, 0.3) is 0 Å². The van der Waals surface area contributed by atoms with Crippen molar-refractivity contribution in [3.63, 3.8) is 0 Å². The lowest BCUT2D eigenvalue weighted by molar-refractivity contribution is -0.210. The molecule has 0 aromatic rings. The minimum absolute atomic E-state index is 0.0211. The van der Waals surface area contributed by atoms with Crippen LogP contribution in [0.4, 0.5) is 0 Å². The Kier molecular flexibility index (Phi) is 9.02. The van der Waals surface area contributed by atoms with E-state index in [1.807, 2.05) is 0 Å². The number of ether oxygens (including phenoxy) is 3. The van der Waals surface area contributed by atoms with Crippen LogP contribution in [0.5, 0.6) is 0 Å². The molecule has 0 aromatic heterocycles. The molecule has 156 valence electrons. The first-order valence-electron chi connectivity index (χ1n) is 8.22. The molecule has 27 heavy (non-hydrogen) atoms. The van der Waals surface area contributed by atoms with Crippen LogP contribution in [0.15, 0.2) is 0 Å². The maximum absolute atomic E-state index is 12.0. The molecule has 0 aromatic carbocycles. The van der Waals surface area contributed by atoms with Gasteiger partial charge in [0.05, 0.1) is 0 Å². The Morgan fingerprint density at radius 3 is 1.78 bits per heavy atom. The maximum atomic E-state index is 12.0.